The highest BCUT2D eigenvalue weighted by molar-refractivity contribution is 7.20. The molecule has 3 aromatic heterocycles. The van der Waals surface area contributed by atoms with E-state index in [1.54, 1.807) is 22.2 Å². The highest BCUT2D eigenvalue weighted by Crippen LogP contribution is 2.40. The molecule has 6 nitrogen and oxygen atoms in total. The molecule has 0 bridgehead atoms. The van der Waals surface area contributed by atoms with Crippen molar-refractivity contribution in [3.05, 3.63) is 65.6 Å². The number of rotatable bonds is 2. The predicted octanol–water partition coefficient (Wildman–Crippen LogP) is 3.66. The number of fused-ring (bicyclic) bond motifs is 2. The van der Waals surface area contributed by atoms with Gasteiger partial charge in [0.25, 0.3) is 0 Å². The molecule has 128 valence electrons. The van der Waals surface area contributed by atoms with Crippen LogP contribution in [0.5, 0.6) is 0 Å². The largest absolute Gasteiger partial charge is 0.310 e. The summed E-state index contributed by atoms with van der Waals surface area (Å²) in [6.45, 7) is 1.98. The average molecular weight is 361 g/mol. The zero-order valence-corrected chi connectivity index (χ0v) is 14.8. The number of aryl methyl sites for hydroxylation is 1. The first-order valence-corrected chi connectivity index (χ1v) is 9.17. The third-order valence-corrected chi connectivity index (χ3v) is 5.67. The average Bonchev–Trinajstić information content (AvgIpc) is 3.23. The second-order valence-corrected chi connectivity index (χ2v) is 7.32. The highest BCUT2D eigenvalue weighted by atomic mass is 32.1. The fourth-order valence-electron chi connectivity index (χ4n) is 3.50. The first-order valence-electron chi connectivity index (χ1n) is 8.36. The minimum atomic E-state index is -0.0458. The monoisotopic (exact) mass is 361 g/mol. The summed E-state index contributed by atoms with van der Waals surface area (Å²) in [4.78, 5) is 21.3. The molecule has 1 aliphatic heterocycles. The Kier molecular flexibility index (Phi) is 3.36. The van der Waals surface area contributed by atoms with Crippen molar-refractivity contribution in [2.24, 2.45) is 0 Å². The molecule has 0 saturated heterocycles. The van der Waals surface area contributed by atoms with Crippen molar-refractivity contribution in [3.8, 4) is 5.13 Å². The molecule has 1 atom stereocenters. The van der Waals surface area contributed by atoms with Gasteiger partial charge < -0.3 is 5.32 Å². The van der Waals surface area contributed by atoms with Crippen LogP contribution in [0, 0.1) is 6.92 Å². The van der Waals surface area contributed by atoms with Crippen LogP contribution < -0.4 is 5.32 Å². The molecule has 1 aromatic carbocycles. The van der Waals surface area contributed by atoms with E-state index in [0.717, 1.165) is 32.2 Å². The molecule has 1 amide bonds. The third-order valence-electron chi connectivity index (χ3n) is 4.65. The summed E-state index contributed by atoms with van der Waals surface area (Å²) in [5.41, 5.74) is 3.89. The Morgan fingerprint density at radius 1 is 1.23 bits per heavy atom. The standard InChI is InChI=1S/C19H15N5OS/c1-11-17-13(12-5-4-8-20-10-12)9-16(25)22-18(17)24(23-11)19-21-14-6-2-3-7-15(14)26-19/h2-8,10,13H,9H2,1H3,(H,22,25)/t13-/m0/s1. The molecule has 0 radical (unpaired) electrons. The molecule has 0 fully saturated rings. The van der Waals surface area contributed by atoms with Crippen molar-refractivity contribution in [2.75, 3.05) is 5.32 Å². The van der Waals surface area contributed by atoms with Gasteiger partial charge in [-0.15, -0.1) is 0 Å². The van der Waals surface area contributed by atoms with Gasteiger partial charge in [-0.25, -0.2) is 4.98 Å². The van der Waals surface area contributed by atoms with Crippen LogP contribution in [-0.2, 0) is 4.79 Å². The number of anilines is 1. The summed E-state index contributed by atoms with van der Waals surface area (Å²) in [5, 5.41) is 8.45. The quantitative estimate of drug-likeness (QED) is 0.591. The number of nitrogens with one attached hydrogen (secondary N) is 1. The lowest BCUT2D eigenvalue weighted by Gasteiger charge is -2.23. The lowest BCUT2D eigenvalue weighted by atomic mass is 9.87. The Balaban J connectivity index is 1.69. The Hall–Kier alpha value is -3.06. The Labute approximate surface area is 153 Å². The number of pyridine rings is 1. The van der Waals surface area contributed by atoms with Crippen LogP contribution in [0.2, 0.25) is 0 Å². The van der Waals surface area contributed by atoms with Crippen molar-refractivity contribution in [1.29, 1.82) is 0 Å². The smallest absolute Gasteiger partial charge is 0.226 e. The summed E-state index contributed by atoms with van der Waals surface area (Å²) in [6.07, 6.45) is 3.96. The number of thiazole rings is 1. The van der Waals surface area contributed by atoms with Crippen LogP contribution >= 0.6 is 11.3 Å². The fourth-order valence-corrected chi connectivity index (χ4v) is 4.43. The third kappa shape index (κ3) is 2.32. The number of para-hydroxylation sites is 1. The number of carbonyl (C=O) groups is 1. The minimum absolute atomic E-state index is 0.0198. The highest BCUT2D eigenvalue weighted by Gasteiger charge is 2.33. The molecule has 5 rings (SSSR count). The van der Waals surface area contributed by atoms with E-state index in [2.05, 4.69) is 15.3 Å². The molecule has 26 heavy (non-hydrogen) atoms. The van der Waals surface area contributed by atoms with Gasteiger partial charge in [0.2, 0.25) is 11.0 Å². The molecule has 0 aliphatic carbocycles. The topological polar surface area (TPSA) is 72.7 Å². The van der Waals surface area contributed by atoms with Gasteiger partial charge in [0.15, 0.2) is 0 Å². The van der Waals surface area contributed by atoms with Crippen molar-refractivity contribution >= 4 is 33.3 Å². The maximum Gasteiger partial charge on any atom is 0.226 e. The lowest BCUT2D eigenvalue weighted by molar-refractivity contribution is -0.116. The van der Waals surface area contributed by atoms with Crippen molar-refractivity contribution < 1.29 is 4.79 Å². The predicted molar refractivity (Wildman–Crippen MR) is 101 cm³/mol. The zero-order valence-electron chi connectivity index (χ0n) is 14.0. The van der Waals surface area contributed by atoms with Crippen LogP contribution in [-0.4, -0.2) is 25.7 Å². The lowest BCUT2D eigenvalue weighted by Crippen LogP contribution is -2.25. The SMILES string of the molecule is Cc1nn(-c2nc3ccccc3s2)c2c1[C@H](c1cccnc1)CC(=O)N2. The van der Waals surface area contributed by atoms with Crippen LogP contribution in [0.4, 0.5) is 5.82 Å². The minimum Gasteiger partial charge on any atom is -0.310 e. The van der Waals surface area contributed by atoms with E-state index in [1.165, 1.54) is 0 Å². The summed E-state index contributed by atoms with van der Waals surface area (Å²) in [6, 6.07) is 11.9. The van der Waals surface area contributed by atoms with E-state index >= 15 is 0 Å². The number of aromatic nitrogens is 4. The van der Waals surface area contributed by atoms with Crippen LogP contribution in [0.1, 0.15) is 29.2 Å². The van der Waals surface area contributed by atoms with E-state index in [9.17, 15) is 4.79 Å². The van der Waals surface area contributed by atoms with Crippen LogP contribution in [0.15, 0.2) is 48.8 Å². The molecule has 1 aliphatic rings. The van der Waals surface area contributed by atoms with Crippen molar-refractivity contribution in [1.82, 2.24) is 19.7 Å². The zero-order chi connectivity index (χ0) is 17.7. The van der Waals surface area contributed by atoms with E-state index in [-0.39, 0.29) is 11.8 Å². The van der Waals surface area contributed by atoms with Gasteiger partial charge in [-0.1, -0.05) is 29.5 Å². The van der Waals surface area contributed by atoms with E-state index in [4.69, 9.17) is 5.10 Å². The van der Waals surface area contributed by atoms with E-state index in [1.807, 2.05) is 49.5 Å². The summed E-state index contributed by atoms with van der Waals surface area (Å²) < 4.78 is 2.85. The summed E-state index contributed by atoms with van der Waals surface area (Å²) >= 11 is 1.56. The molecule has 4 aromatic rings. The van der Waals surface area contributed by atoms with Gasteiger partial charge >= 0.3 is 0 Å². The number of benzene rings is 1. The van der Waals surface area contributed by atoms with Gasteiger partial charge in [-0.05, 0) is 30.7 Å². The van der Waals surface area contributed by atoms with Crippen LogP contribution in [0.3, 0.4) is 0 Å². The Morgan fingerprint density at radius 3 is 2.92 bits per heavy atom. The second kappa shape index (κ2) is 5.74. The van der Waals surface area contributed by atoms with E-state index in [0.29, 0.717) is 12.2 Å². The number of amides is 1. The molecule has 0 spiro atoms. The Morgan fingerprint density at radius 2 is 2.12 bits per heavy atom. The van der Waals surface area contributed by atoms with Crippen molar-refractivity contribution in [2.45, 2.75) is 19.3 Å². The molecular formula is C19H15N5OS. The molecule has 0 saturated carbocycles. The van der Waals surface area contributed by atoms with E-state index < -0.39 is 0 Å². The summed E-state index contributed by atoms with van der Waals surface area (Å²) in [5.74, 6) is 0.649. The first-order chi connectivity index (χ1) is 12.7. The Bertz CT molecular complexity index is 1100. The molecule has 7 heteroatoms. The number of hydrogen-bond acceptors (Lipinski definition) is 5. The second-order valence-electron chi connectivity index (χ2n) is 6.31. The fraction of sp³-hybridized carbons (Fsp3) is 0.158. The van der Waals surface area contributed by atoms with Crippen LogP contribution in [0.25, 0.3) is 15.3 Å². The number of carbonyl (C=O) groups excluding carboxylic acids is 1. The van der Waals surface area contributed by atoms with Gasteiger partial charge in [0, 0.05) is 30.3 Å². The molecule has 4 heterocycles. The van der Waals surface area contributed by atoms with Gasteiger partial charge in [-0.2, -0.15) is 9.78 Å². The molecule has 0 unspecified atom stereocenters. The number of nitrogens with zero attached hydrogens (tertiary/aromatic N) is 4. The molecule has 1 N–H and O–H groups in total. The number of hydrogen-bond donors (Lipinski definition) is 1. The van der Waals surface area contributed by atoms with Crippen molar-refractivity contribution in [3.63, 3.8) is 0 Å². The molecular weight excluding hydrogens is 346 g/mol. The summed E-state index contributed by atoms with van der Waals surface area (Å²) in [7, 11) is 0. The van der Waals surface area contributed by atoms with Gasteiger partial charge in [0.05, 0.1) is 15.9 Å². The normalized spacial score (nSPS) is 16.5. The van der Waals surface area contributed by atoms with Gasteiger partial charge in [0.1, 0.15) is 5.82 Å². The van der Waals surface area contributed by atoms with Gasteiger partial charge in [-0.3, -0.25) is 9.78 Å². The maximum atomic E-state index is 12.4. The maximum absolute atomic E-state index is 12.4. The first kappa shape index (κ1) is 15.2.